The minimum atomic E-state index is -1.04. The summed E-state index contributed by atoms with van der Waals surface area (Å²) < 4.78 is 0. The lowest BCUT2D eigenvalue weighted by Gasteiger charge is -2.27. The van der Waals surface area contributed by atoms with E-state index < -0.39 is 17.4 Å². The second-order valence-electron chi connectivity index (χ2n) is 5.11. The van der Waals surface area contributed by atoms with Crippen molar-refractivity contribution in [1.82, 2.24) is 4.90 Å². The number of hydrogen-bond donors (Lipinski definition) is 1. The molecule has 1 aliphatic rings. The number of rotatable bonds is 4. The Kier molecular flexibility index (Phi) is 3.98. The van der Waals surface area contributed by atoms with E-state index in [1.54, 1.807) is 18.2 Å². The molecule has 108 valence electrons. The fourth-order valence-corrected chi connectivity index (χ4v) is 3.09. The molecule has 1 atom stereocenters. The van der Waals surface area contributed by atoms with E-state index >= 15 is 0 Å². The summed E-state index contributed by atoms with van der Waals surface area (Å²) >= 11 is 12.3. The van der Waals surface area contributed by atoms with Crippen LogP contribution in [0.4, 0.5) is 0 Å². The Bertz CT molecular complexity index is 549. The lowest BCUT2D eigenvalue weighted by atomic mass is 9.93. The monoisotopic (exact) mass is 315 g/mol. The van der Waals surface area contributed by atoms with Crippen molar-refractivity contribution in [3.05, 3.63) is 33.8 Å². The summed E-state index contributed by atoms with van der Waals surface area (Å²) in [5, 5.41) is 9.91. The molecular weight excluding hydrogens is 301 g/mol. The quantitative estimate of drug-likeness (QED) is 0.929. The zero-order valence-corrected chi connectivity index (χ0v) is 12.7. The highest BCUT2D eigenvalue weighted by atomic mass is 35.5. The van der Waals surface area contributed by atoms with E-state index in [1.165, 1.54) is 18.9 Å². The van der Waals surface area contributed by atoms with Crippen LogP contribution in [0.3, 0.4) is 0 Å². The molecule has 1 unspecified atom stereocenters. The van der Waals surface area contributed by atoms with Crippen molar-refractivity contribution in [2.75, 3.05) is 7.05 Å². The highest BCUT2D eigenvalue weighted by Gasteiger charge is 2.55. The van der Waals surface area contributed by atoms with Crippen LogP contribution in [-0.2, 0) is 15.0 Å². The number of carboxylic acid groups (broad SMARTS) is 1. The van der Waals surface area contributed by atoms with Gasteiger partial charge in [0.15, 0.2) is 0 Å². The third-order valence-corrected chi connectivity index (χ3v) is 4.49. The van der Waals surface area contributed by atoms with Crippen LogP contribution in [0.15, 0.2) is 18.2 Å². The largest absolute Gasteiger partial charge is 0.480 e. The van der Waals surface area contributed by atoms with Gasteiger partial charge in [0.2, 0.25) is 5.91 Å². The molecule has 0 heterocycles. The zero-order chi connectivity index (χ0) is 15.1. The number of aliphatic carboxylic acids is 1. The van der Waals surface area contributed by atoms with Crippen molar-refractivity contribution in [2.24, 2.45) is 0 Å². The molecule has 0 radical (unpaired) electrons. The van der Waals surface area contributed by atoms with Crippen molar-refractivity contribution in [1.29, 1.82) is 0 Å². The number of amides is 1. The van der Waals surface area contributed by atoms with Gasteiger partial charge in [0, 0.05) is 22.7 Å². The second kappa shape index (κ2) is 5.26. The molecule has 0 aromatic heterocycles. The van der Waals surface area contributed by atoms with Gasteiger partial charge < -0.3 is 10.0 Å². The van der Waals surface area contributed by atoms with E-state index in [1.807, 2.05) is 0 Å². The Morgan fingerprint density at radius 2 is 1.80 bits per heavy atom. The first-order valence-corrected chi connectivity index (χ1v) is 7.01. The van der Waals surface area contributed by atoms with E-state index in [2.05, 4.69) is 0 Å². The molecule has 1 fully saturated rings. The van der Waals surface area contributed by atoms with Gasteiger partial charge in [-0.05, 0) is 31.9 Å². The summed E-state index contributed by atoms with van der Waals surface area (Å²) in [6.07, 6.45) is 1.26. The highest BCUT2D eigenvalue weighted by molar-refractivity contribution is 6.36. The number of carboxylic acids is 1. The van der Waals surface area contributed by atoms with Gasteiger partial charge in [0.05, 0.1) is 5.41 Å². The molecule has 1 amide bonds. The van der Waals surface area contributed by atoms with Gasteiger partial charge in [0.1, 0.15) is 6.04 Å². The summed E-state index contributed by atoms with van der Waals surface area (Å²) in [4.78, 5) is 24.9. The van der Waals surface area contributed by atoms with E-state index in [0.29, 0.717) is 28.5 Å². The number of nitrogens with zero attached hydrogens (tertiary/aromatic N) is 1. The number of benzene rings is 1. The van der Waals surface area contributed by atoms with Gasteiger partial charge in [-0.15, -0.1) is 0 Å². The fourth-order valence-electron chi connectivity index (χ4n) is 2.33. The predicted molar refractivity (Wildman–Crippen MR) is 77.2 cm³/mol. The molecule has 1 aromatic rings. The van der Waals surface area contributed by atoms with Gasteiger partial charge in [-0.25, -0.2) is 4.79 Å². The first-order chi connectivity index (χ1) is 9.31. The molecule has 1 aliphatic carbocycles. The van der Waals surface area contributed by atoms with Crippen LogP contribution >= 0.6 is 23.2 Å². The lowest BCUT2D eigenvalue weighted by molar-refractivity contribution is -0.149. The molecule has 20 heavy (non-hydrogen) atoms. The van der Waals surface area contributed by atoms with Crippen LogP contribution in [0, 0.1) is 0 Å². The maximum Gasteiger partial charge on any atom is 0.326 e. The van der Waals surface area contributed by atoms with Crippen LogP contribution in [0.25, 0.3) is 0 Å². The van der Waals surface area contributed by atoms with E-state index in [4.69, 9.17) is 28.3 Å². The first-order valence-electron chi connectivity index (χ1n) is 6.26. The third kappa shape index (κ3) is 2.38. The molecule has 0 saturated heterocycles. The van der Waals surface area contributed by atoms with Crippen LogP contribution in [0.5, 0.6) is 0 Å². The summed E-state index contributed by atoms with van der Waals surface area (Å²) in [5.74, 6) is -1.29. The molecule has 1 aromatic carbocycles. The highest BCUT2D eigenvalue weighted by Crippen LogP contribution is 2.54. The Morgan fingerprint density at radius 1 is 1.30 bits per heavy atom. The van der Waals surface area contributed by atoms with E-state index in [-0.39, 0.29) is 5.91 Å². The van der Waals surface area contributed by atoms with Crippen LogP contribution in [0.1, 0.15) is 25.3 Å². The third-order valence-electron chi connectivity index (χ3n) is 3.86. The number of carbonyl (C=O) groups excluding carboxylic acids is 1. The predicted octanol–water partition coefficient (Wildman–Crippen LogP) is 2.96. The number of carbonyl (C=O) groups is 2. The molecule has 0 spiro atoms. The standard InChI is InChI=1S/C14H15Cl2NO3/c1-8(12(18)19)17(2)13(20)14(6-7-14)11-9(15)4-3-5-10(11)16/h3-5,8H,6-7H2,1-2H3,(H,18,19). The topological polar surface area (TPSA) is 57.6 Å². The lowest BCUT2D eigenvalue weighted by Crippen LogP contribution is -2.45. The molecular formula is C14H15Cl2NO3. The van der Waals surface area contributed by atoms with Crippen molar-refractivity contribution >= 4 is 35.1 Å². The minimum absolute atomic E-state index is 0.248. The van der Waals surface area contributed by atoms with Crippen molar-refractivity contribution in [3.63, 3.8) is 0 Å². The zero-order valence-electron chi connectivity index (χ0n) is 11.2. The fraction of sp³-hybridized carbons (Fsp3) is 0.429. The molecule has 2 rings (SSSR count). The number of hydrogen-bond acceptors (Lipinski definition) is 2. The molecule has 1 saturated carbocycles. The van der Waals surface area contributed by atoms with Crippen LogP contribution in [0.2, 0.25) is 10.0 Å². The normalized spacial score (nSPS) is 17.4. The summed E-state index contributed by atoms with van der Waals surface area (Å²) in [5.41, 5.74) is -0.161. The Morgan fingerprint density at radius 3 is 2.20 bits per heavy atom. The summed E-state index contributed by atoms with van der Waals surface area (Å²) in [7, 11) is 1.49. The average Bonchev–Trinajstić information content (AvgIpc) is 3.17. The Labute approximate surface area is 127 Å². The van der Waals surface area contributed by atoms with Crippen molar-refractivity contribution in [3.8, 4) is 0 Å². The molecule has 0 bridgehead atoms. The molecule has 1 N–H and O–H groups in total. The van der Waals surface area contributed by atoms with Crippen LogP contribution in [-0.4, -0.2) is 35.0 Å². The minimum Gasteiger partial charge on any atom is -0.480 e. The average molecular weight is 316 g/mol. The molecule has 4 nitrogen and oxygen atoms in total. The van der Waals surface area contributed by atoms with Gasteiger partial charge >= 0.3 is 5.97 Å². The van der Waals surface area contributed by atoms with E-state index in [9.17, 15) is 9.59 Å². The van der Waals surface area contributed by atoms with Crippen molar-refractivity contribution < 1.29 is 14.7 Å². The van der Waals surface area contributed by atoms with Gasteiger partial charge in [-0.2, -0.15) is 0 Å². The second-order valence-corrected chi connectivity index (χ2v) is 5.92. The van der Waals surface area contributed by atoms with Gasteiger partial charge in [-0.3, -0.25) is 4.79 Å². The van der Waals surface area contributed by atoms with Crippen molar-refractivity contribution in [2.45, 2.75) is 31.2 Å². The van der Waals surface area contributed by atoms with Gasteiger partial charge in [0.25, 0.3) is 0 Å². The Hall–Kier alpha value is -1.26. The molecule has 0 aliphatic heterocycles. The molecule has 6 heteroatoms. The maximum absolute atomic E-state index is 12.6. The smallest absolute Gasteiger partial charge is 0.326 e. The van der Waals surface area contributed by atoms with E-state index in [0.717, 1.165) is 0 Å². The van der Waals surface area contributed by atoms with Crippen LogP contribution < -0.4 is 0 Å². The number of halogens is 2. The summed E-state index contributed by atoms with van der Waals surface area (Å²) in [6.45, 7) is 1.48. The Balaban J connectivity index is 2.37. The maximum atomic E-state index is 12.6. The number of likely N-dealkylation sites (N-methyl/N-ethyl adjacent to an activating group) is 1. The first kappa shape index (κ1) is 15.1. The SMILES string of the molecule is CC(C(=O)O)N(C)C(=O)C1(c2c(Cl)cccc2Cl)CC1. The van der Waals surface area contributed by atoms with Gasteiger partial charge in [-0.1, -0.05) is 29.3 Å². The summed E-state index contributed by atoms with van der Waals surface area (Å²) in [6, 6.07) is 4.22.